The van der Waals surface area contributed by atoms with Gasteiger partial charge in [-0.1, -0.05) is 22.9 Å². The molecule has 8 atom stereocenters. The van der Waals surface area contributed by atoms with Crippen LogP contribution in [0.25, 0.3) is 0 Å². The van der Waals surface area contributed by atoms with E-state index >= 15 is 0 Å². The molecule has 4 saturated carbocycles. The molecule has 27 heavy (non-hydrogen) atoms. The van der Waals surface area contributed by atoms with Crippen molar-refractivity contribution in [3.8, 4) is 0 Å². The van der Waals surface area contributed by atoms with Crippen molar-refractivity contribution in [1.29, 1.82) is 0 Å². The Morgan fingerprint density at radius 1 is 1.07 bits per heavy atom. The number of halogens is 1. The number of aliphatic hydroxyl groups is 1. The van der Waals surface area contributed by atoms with Crippen LogP contribution in [0.15, 0.2) is 0 Å². The van der Waals surface area contributed by atoms with Gasteiger partial charge in [-0.25, -0.2) is 0 Å². The molecule has 1 N–H and O–H groups in total. The maximum absolute atomic E-state index is 12.5. The SMILES string of the molecule is CCOCC1(O)CCC2C(CCC3C2CCC2(C)C(C(=O)CBr)CCC32)C1. The predicted molar refractivity (Wildman–Crippen MR) is 111 cm³/mol. The van der Waals surface area contributed by atoms with Gasteiger partial charge in [-0.3, -0.25) is 4.79 Å². The molecule has 3 nitrogen and oxygen atoms in total. The fourth-order valence-electron chi connectivity index (χ4n) is 8.01. The Morgan fingerprint density at radius 3 is 2.59 bits per heavy atom. The summed E-state index contributed by atoms with van der Waals surface area (Å²) in [6, 6.07) is 0. The zero-order valence-corrected chi connectivity index (χ0v) is 18.7. The number of rotatable bonds is 5. The number of ketones is 1. The van der Waals surface area contributed by atoms with E-state index in [0.29, 0.717) is 30.2 Å². The molecule has 154 valence electrons. The first-order valence-corrected chi connectivity index (χ1v) is 12.4. The minimum absolute atomic E-state index is 0.239. The van der Waals surface area contributed by atoms with Crippen molar-refractivity contribution in [2.45, 2.75) is 77.2 Å². The van der Waals surface area contributed by atoms with Gasteiger partial charge in [0.2, 0.25) is 0 Å². The van der Waals surface area contributed by atoms with Crippen LogP contribution in [0.1, 0.15) is 71.6 Å². The summed E-state index contributed by atoms with van der Waals surface area (Å²) in [6.45, 7) is 5.64. The zero-order valence-electron chi connectivity index (χ0n) is 17.1. The molecule has 0 aromatic carbocycles. The van der Waals surface area contributed by atoms with Gasteiger partial charge in [-0.05, 0) is 99.7 Å². The third-order valence-electron chi connectivity index (χ3n) is 9.20. The molecule has 0 aromatic rings. The highest BCUT2D eigenvalue weighted by atomic mass is 79.9. The average molecular weight is 441 g/mol. The number of fused-ring (bicyclic) bond motifs is 5. The summed E-state index contributed by atoms with van der Waals surface area (Å²) in [5, 5.41) is 11.5. The van der Waals surface area contributed by atoms with Crippen molar-refractivity contribution in [1.82, 2.24) is 0 Å². The van der Waals surface area contributed by atoms with Crippen molar-refractivity contribution < 1.29 is 14.6 Å². The van der Waals surface area contributed by atoms with Crippen molar-refractivity contribution in [3.05, 3.63) is 0 Å². The Hall–Kier alpha value is 0.0700. The fourth-order valence-corrected chi connectivity index (χ4v) is 8.40. The number of Topliss-reactive ketones (excluding diaryl/α,β-unsaturated/α-hetero) is 1. The lowest BCUT2D eigenvalue weighted by atomic mass is 9.49. The predicted octanol–water partition coefficient (Wildman–Crippen LogP) is 4.99. The highest BCUT2D eigenvalue weighted by Crippen LogP contribution is 2.64. The number of hydrogen-bond acceptors (Lipinski definition) is 3. The highest BCUT2D eigenvalue weighted by molar-refractivity contribution is 9.09. The summed E-state index contributed by atoms with van der Waals surface area (Å²) in [4.78, 5) is 12.5. The molecule has 8 unspecified atom stereocenters. The van der Waals surface area contributed by atoms with Crippen LogP contribution in [0.4, 0.5) is 0 Å². The van der Waals surface area contributed by atoms with Gasteiger partial charge in [0, 0.05) is 12.5 Å². The molecular formula is C23H37BrO3. The molecule has 0 radical (unpaired) electrons. The van der Waals surface area contributed by atoms with E-state index in [1.807, 2.05) is 6.92 Å². The maximum atomic E-state index is 12.5. The molecule has 4 fully saturated rings. The number of carbonyl (C=O) groups excluding carboxylic acids is 1. The van der Waals surface area contributed by atoms with Gasteiger partial charge in [-0.15, -0.1) is 0 Å². The van der Waals surface area contributed by atoms with Gasteiger partial charge in [-0.2, -0.15) is 0 Å². The van der Waals surface area contributed by atoms with Crippen molar-refractivity contribution >= 4 is 21.7 Å². The Labute approximate surface area is 173 Å². The van der Waals surface area contributed by atoms with Gasteiger partial charge in [0.25, 0.3) is 0 Å². The molecule has 0 aromatic heterocycles. The Kier molecular flexibility index (Phi) is 5.82. The van der Waals surface area contributed by atoms with Gasteiger partial charge >= 0.3 is 0 Å². The molecule has 0 saturated heterocycles. The van der Waals surface area contributed by atoms with Gasteiger partial charge in [0.05, 0.1) is 17.5 Å². The van der Waals surface area contributed by atoms with Crippen molar-refractivity contribution in [2.24, 2.45) is 40.9 Å². The van der Waals surface area contributed by atoms with Crippen LogP contribution < -0.4 is 0 Å². The summed E-state index contributed by atoms with van der Waals surface area (Å²) in [7, 11) is 0. The standard InChI is InChI=1S/C23H37BrO3/c1-3-27-14-23(26)11-9-16-15(12-23)4-5-18-17(16)8-10-22(2)19(18)6-7-20(22)21(25)13-24/h15-20,26H,3-14H2,1-2H3. The first kappa shape index (κ1) is 20.3. The molecule has 4 heteroatoms. The first-order valence-electron chi connectivity index (χ1n) is 11.3. The summed E-state index contributed by atoms with van der Waals surface area (Å²) in [5.41, 5.74) is -0.350. The largest absolute Gasteiger partial charge is 0.387 e. The summed E-state index contributed by atoms with van der Waals surface area (Å²) < 4.78 is 5.59. The molecule has 0 aliphatic heterocycles. The van der Waals surface area contributed by atoms with E-state index in [0.717, 1.165) is 42.9 Å². The Balaban J connectivity index is 1.47. The van der Waals surface area contributed by atoms with Crippen LogP contribution >= 0.6 is 15.9 Å². The van der Waals surface area contributed by atoms with E-state index in [1.165, 1.54) is 38.5 Å². The van der Waals surface area contributed by atoms with E-state index < -0.39 is 5.60 Å². The van der Waals surface area contributed by atoms with Gasteiger partial charge in [0.1, 0.15) is 5.78 Å². The number of alkyl halides is 1. The Morgan fingerprint density at radius 2 is 1.85 bits per heavy atom. The lowest BCUT2D eigenvalue weighted by molar-refractivity contribution is -0.136. The monoisotopic (exact) mass is 440 g/mol. The molecule has 0 bridgehead atoms. The lowest BCUT2D eigenvalue weighted by Crippen LogP contribution is -2.52. The Bertz CT molecular complexity index is 566. The molecule has 0 amide bonds. The molecular weight excluding hydrogens is 404 g/mol. The van der Waals surface area contributed by atoms with Crippen LogP contribution in [0.3, 0.4) is 0 Å². The lowest BCUT2D eigenvalue weighted by Gasteiger charge is -2.57. The minimum atomic E-state index is -0.589. The highest BCUT2D eigenvalue weighted by Gasteiger charge is 2.58. The third-order valence-corrected chi connectivity index (χ3v) is 9.75. The molecule has 4 aliphatic rings. The van der Waals surface area contributed by atoms with Crippen LogP contribution in [-0.2, 0) is 9.53 Å². The van der Waals surface area contributed by atoms with Crippen LogP contribution in [0.5, 0.6) is 0 Å². The van der Waals surface area contributed by atoms with Crippen LogP contribution in [0.2, 0.25) is 0 Å². The molecule has 0 heterocycles. The van der Waals surface area contributed by atoms with Gasteiger partial charge < -0.3 is 9.84 Å². The van der Waals surface area contributed by atoms with Crippen molar-refractivity contribution in [3.63, 3.8) is 0 Å². The second-order valence-electron chi connectivity index (χ2n) is 10.3. The summed E-state index contributed by atoms with van der Waals surface area (Å²) in [5.74, 6) is 4.58. The van der Waals surface area contributed by atoms with E-state index in [2.05, 4.69) is 22.9 Å². The number of ether oxygens (including phenoxy) is 1. The topological polar surface area (TPSA) is 46.5 Å². The van der Waals surface area contributed by atoms with E-state index in [-0.39, 0.29) is 11.3 Å². The quantitative estimate of drug-likeness (QED) is 0.612. The second-order valence-corrected chi connectivity index (χ2v) is 10.9. The minimum Gasteiger partial charge on any atom is -0.387 e. The fraction of sp³-hybridized carbons (Fsp3) is 0.957. The zero-order chi connectivity index (χ0) is 19.2. The van der Waals surface area contributed by atoms with E-state index in [4.69, 9.17) is 4.74 Å². The van der Waals surface area contributed by atoms with Crippen LogP contribution in [0, 0.1) is 40.9 Å². The van der Waals surface area contributed by atoms with Gasteiger partial charge in [0.15, 0.2) is 0 Å². The summed E-state index contributed by atoms with van der Waals surface area (Å²) >= 11 is 3.42. The number of hydrogen-bond donors (Lipinski definition) is 1. The molecule has 0 spiro atoms. The first-order chi connectivity index (χ1) is 12.9. The van der Waals surface area contributed by atoms with E-state index in [9.17, 15) is 9.90 Å². The van der Waals surface area contributed by atoms with Crippen LogP contribution in [-0.4, -0.2) is 35.0 Å². The van der Waals surface area contributed by atoms with Crippen molar-refractivity contribution in [2.75, 3.05) is 18.5 Å². The summed E-state index contributed by atoms with van der Waals surface area (Å²) in [6.07, 6.45) is 10.5. The molecule has 4 rings (SSSR count). The number of carbonyl (C=O) groups is 1. The normalized spacial score (nSPS) is 49.2. The van der Waals surface area contributed by atoms with E-state index in [1.54, 1.807) is 0 Å². The smallest absolute Gasteiger partial charge is 0.147 e. The molecule has 4 aliphatic carbocycles. The maximum Gasteiger partial charge on any atom is 0.147 e. The average Bonchev–Trinajstić information content (AvgIpc) is 3.02. The second kappa shape index (κ2) is 7.72. The third kappa shape index (κ3) is 3.46.